The van der Waals surface area contributed by atoms with E-state index in [0.29, 0.717) is 6.54 Å². The van der Waals surface area contributed by atoms with Gasteiger partial charge in [0.2, 0.25) is 0 Å². The van der Waals surface area contributed by atoms with Gasteiger partial charge in [-0.05, 0) is 30.2 Å². The van der Waals surface area contributed by atoms with Crippen molar-refractivity contribution < 1.29 is 26.7 Å². The van der Waals surface area contributed by atoms with Crippen molar-refractivity contribution >= 4 is 5.69 Å². The van der Waals surface area contributed by atoms with Gasteiger partial charge in [-0.1, -0.05) is 36.4 Å². The molecule has 0 heterocycles. The number of ether oxygens (including phenoxy) is 1. The molecule has 2 aromatic carbocycles. The maximum absolute atomic E-state index is 13.0. The van der Waals surface area contributed by atoms with Gasteiger partial charge < -0.3 is 10.1 Å². The molecule has 2 rings (SSSR count). The van der Waals surface area contributed by atoms with Gasteiger partial charge in [-0.2, -0.15) is 22.0 Å². The molecule has 0 atom stereocenters. The fraction of sp³-hybridized carbons (Fsp3) is 0.250. The molecule has 0 radical (unpaired) electrons. The number of hydrogen-bond donors (Lipinski definition) is 1. The standard InChI is InChI=1S/C16H14F5NO/c17-15(18,19)16(20,21)23-14-9-5-4-6-12(14)10-11-22-13-7-2-1-3-8-13/h1-9,22H,10-11H2. The lowest BCUT2D eigenvalue weighted by Crippen LogP contribution is -2.42. The fourth-order valence-corrected chi connectivity index (χ4v) is 1.90. The highest BCUT2D eigenvalue weighted by molar-refractivity contribution is 5.43. The third-order valence-corrected chi connectivity index (χ3v) is 3.04. The van der Waals surface area contributed by atoms with Crippen molar-refractivity contribution in [1.29, 1.82) is 0 Å². The van der Waals surface area contributed by atoms with Gasteiger partial charge in [0.1, 0.15) is 5.75 Å². The third-order valence-electron chi connectivity index (χ3n) is 3.04. The van der Waals surface area contributed by atoms with Crippen LogP contribution in [0.25, 0.3) is 0 Å². The molecule has 0 bridgehead atoms. The average molecular weight is 331 g/mol. The summed E-state index contributed by atoms with van der Waals surface area (Å²) in [6.45, 7) is 0.363. The normalized spacial score (nSPS) is 12.0. The first-order valence-corrected chi connectivity index (χ1v) is 6.80. The predicted octanol–water partition coefficient (Wildman–Crippen LogP) is 4.88. The van der Waals surface area contributed by atoms with Crippen LogP contribution in [0.15, 0.2) is 54.6 Å². The molecule has 0 saturated heterocycles. The van der Waals surface area contributed by atoms with Crippen molar-refractivity contribution in [3.63, 3.8) is 0 Å². The quantitative estimate of drug-likeness (QED) is 0.762. The summed E-state index contributed by atoms with van der Waals surface area (Å²) >= 11 is 0. The summed E-state index contributed by atoms with van der Waals surface area (Å²) in [7, 11) is 0. The summed E-state index contributed by atoms with van der Waals surface area (Å²) < 4.78 is 66.7. The van der Waals surface area contributed by atoms with E-state index < -0.39 is 18.0 Å². The van der Waals surface area contributed by atoms with E-state index in [1.807, 2.05) is 30.3 Å². The van der Waals surface area contributed by atoms with Gasteiger partial charge in [0.15, 0.2) is 0 Å². The van der Waals surface area contributed by atoms with Gasteiger partial charge in [-0.15, -0.1) is 0 Å². The molecule has 0 fully saturated rings. The van der Waals surface area contributed by atoms with E-state index in [-0.39, 0.29) is 12.0 Å². The van der Waals surface area contributed by atoms with Crippen molar-refractivity contribution in [2.45, 2.75) is 18.7 Å². The molecule has 2 nitrogen and oxygen atoms in total. The molecular weight excluding hydrogens is 317 g/mol. The number of halogens is 5. The maximum atomic E-state index is 13.0. The molecule has 7 heteroatoms. The second-order valence-corrected chi connectivity index (χ2v) is 4.77. The molecule has 0 aliphatic heterocycles. The average Bonchev–Trinajstić information content (AvgIpc) is 2.49. The van der Waals surface area contributed by atoms with E-state index in [0.717, 1.165) is 11.8 Å². The zero-order valence-corrected chi connectivity index (χ0v) is 11.9. The molecule has 0 aromatic heterocycles. The summed E-state index contributed by atoms with van der Waals surface area (Å²) in [5.41, 5.74) is 1.09. The van der Waals surface area contributed by atoms with E-state index in [4.69, 9.17) is 0 Å². The number of para-hydroxylation sites is 2. The maximum Gasteiger partial charge on any atom is 0.499 e. The fourth-order valence-electron chi connectivity index (χ4n) is 1.90. The molecule has 1 N–H and O–H groups in total. The SMILES string of the molecule is FC(F)(F)C(F)(F)Oc1ccccc1CCNc1ccccc1. The van der Waals surface area contributed by atoms with Crippen molar-refractivity contribution in [3.8, 4) is 5.75 Å². The molecule has 0 saturated carbocycles. The minimum atomic E-state index is -5.76. The first-order valence-electron chi connectivity index (χ1n) is 6.80. The second kappa shape index (κ2) is 6.85. The van der Waals surface area contributed by atoms with E-state index in [9.17, 15) is 22.0 Å². The van der Waals surface area contributed by atoms with Crippen LogP contribution in [0.3, 0.4) is 0 Å². The number of hydrogen-bond acceptors (Lipinski definition) is 2. The lowest BCUT2D eigenvalue weighted by atomic mass is 10.1. The van der Waals surface area contributed by atoms with Crippen molar-refractivity contribution in [2.75, 3.05) is 11.9 Å². The Labute approximate surface area is 129 Å². The van der Waals surface area contributed by atoms with E-state index in [2.05, 4.69) is 10.1 Å². The number of rotatable bonds is 6. The number of anilines is 1. The van der Waals surface area contributed by atoms with Gasteiger partial charge in [0.25, 0.3) is 0 Å². The zero-order valence-electron chi connectivity index (χ0n) is 11.9. The van der Waals surface area contributed by atoms with Gasteiger partial charge in [-0.25, -0.2) is 0 Å². The van der Waals surface area contributed by atoms with Crippen LogP contribution in [0.4, 0.5) is 27.6 Å². The summed E-state index contributed by atoms with van der Waals surface area (Å²) in [6, 6.07) is 14.6. The zero-order chi connectivity index (χ0) is 16.9. The molecule has 23 heavy (non-hydrogen) atoms. The molecule has 2 aromatic rings. The molecular formula is C16H14F5NO. The first kappa shape index (κ1) is 17.1. The summed E-state index contributed by atoms with van der Waals surface area (Å²) in [4.78, 5) is 0. The van der Waals surface area contributed by atoms with Crippen LogP contribution in [-0.4, -0.2) is 18.8 Å². The Morgan fingerprint density at radius 2 is 1.43 bits per heavy atom. The summed E-state index contributed by atoms with van der Waals surface area (Å²) in [5.74, 6) is -0.482. The summed E-state index contributed by atoms with van der Waals surface area (Å²) in [6.07, 6.45) is -10.8. The number of benzene rings is 2. The van der Waals surface area contributed by atoms with Gasteiger partial charge >= 0.3 is 12.3 Å². The number of nitrogens with one attached hydrogen (secondary N) is 1. The van der Waals surface area contributed by atoms with Crippen LogP contribution < -0.4 is 10.1 Å². The lowest BCUT2D eigenvalue weighted by molar-refractivity contribution is -0.360. The van der Waals surface area contributed by atoms with Gasteiger partial charge in [0, 0.05) is 12.2 Å². The van der Waals surface area contributed by atoms with Crippen molar-refractivity contribution in [2.24, 2.45) is 0 Å². The Bertz CT molecular complexity index is 628. The molecule has 0 unspecified atom stereocenters. The molecule has 0 amide bonds. The highest BCUT2D eigenvalue weighted by Crippen LogP contribution is 2.38. The number of alkyl halides is 5. The Balaban J connectivity index is 2.03. The van der Waals surface area contributed by atoms with Gasteiger partial charge in [-0.3, -0.25) is 0 Å². The van der Waals surface area contributed by atoms with Crippen LogP contribution in [0.1, 0.15) is 5.56 Å². The summed E-state index contributed by atoms with van der Waals surface area (Å²) in [5, 5.41) is 3.05. The molecule has 0 aliphatic rings. The monoisotopic (exact) mass is 331 g/mol. The van der Waals surface area contributed by atoms with Gasteiger partial charge in [0.05, 0.1) is 0 Å². The first-order chi connectivity index (χ1) is 10.8. The van der Waals surface area contributed by atoms with Crippen LogP contribution in [0, 0.1) is 0 Å². The molecule has 0 spiro atoms. The second-order valence-electron chi connectivity index (χ2n) is 4.77. The topological polar surface area (TPSA) is 21.3 Å². The Morgan fingerprint density at radius 3 is 2.09 bits per heavy atom. The van der Waals surface area contributed by atoms with Crippen molar-refractivity contribution in [3.05, 3.63) is 60.2 Å². The smallest absolute Gasteiger partial charge is 0.425 e. The third kappa shape index (κ3) is 4.58. The van der Waals surface area contributed by atoms with E-state index >= 15 is 0 Å². The van der Waals surface area contributed by atoms with Crippen LogP contribution in [-0.2, 0) is 6.42 Å². The van der Waals surface area contributed by atoms with Crippen LogP contribution in [0.2, 0.25) is 0 Å². The highest BCUT2D eigenvalue weighted by Gasteiger charge is 2.61. The Hall–Kier alpha value is -2.31. The van der Waals surface area contributed by atoms with Crippen LogP contribution in [0.5, 0.6) is 5.75 Å². The largest absolute Gasteiger partial charge is 0.499 e. The highest BCUT2D eigenvalue weighted by atomic mass is 19.4. The lowest BCUT2D eigenvalue weighted by Gasteiger charge is -2.21. The molecule has 124 valence electrons. The van der Waals surface area contributed by atoms with Crippen LogP contribution >= 0.6 is 0 Å². The molecule has 0 aliphatic carbocycles. The minimum Gasteiger partial charge on any atom is -0.425 e. The predicted molar refractivity (Wildman–Crippen MR) is 76.7 cm³/mol. The Morgan fingerprint density at radius 1 is 0.826 bits per heavy atom. The minimum absolute atomic E-state index is 0.235. The van der Waals surface area contributed by atoms with E-state index in [1.54, 1.807) is 6.07 Å². The van der Waals surface area contributed by atoms with Crippen molar-refractivity contribution in [1.82, 2.24) is 0 Å². The Kier molecular flexibility index (Phi) is 5.08. The van der Waals surface area contributed by atoms with E-state index in [1.165, 1.54) is 12.1 Å².